The van der Waals surface area contributed by atoms with Crippen molar-refractivity contribution in [1.29, 1.82) is 0 Å². The first-order valence-electron chi connectivity index (χ1n) is 7.24. The Morgan fingerprint density at radius 1 is 1.09 bits per heavy atom. The van der Waals surface area contributed by atoms with Gasteiger partial charge in [0, 0.05) is 5.56 Å². The van der Waals surface area contributed by atoms with Gasteiger partial charge in [0.25, 0.3) is 5.91 Å². The molecule has 23 heavy (non-hydrogen) atoms. The molecule has 1 amide bonds. The Labute approximate surface area is 134 Å². The third-order valence-corrected chi connectivity index (χ3v) is 3.35. The van der Waals surface area contributed by atoms with E-state index in [-0.39, 0.29) is 5.56 Å². The normalized spacial score (nSPS) is 10.9. The van der Waals surface area contributed by atoms with Crippen LogP contribution >= 0.6 is 0 Å². The number of carboxylic acids is 1. The zero-order chi connectivity index (χ0) is 16.8. The molecule has 0 unspecified atom stereocenters. The number of hydrogen-bond donors (Lipinski definition) is 2. The number of carbonyl (C=O) groups is 2. The van der Waals surface area contributed by atoms with Crippen molar-refractivity contribution in [2.75, 3.05) is 0 Å². The maximum absolute atomic E-state index is 11.9. The van der Waals surface area contributed by atoms with Crippen molar-refractivity contribution in [3.63, 3.8) is 0 Å². The number of aromatic carboxylic acids is 1. The topological polar surface area (TPSA) is 78.8 Å². The number of amides is 1. The lowest BCUT2D eigenvalue weighted by Gasteiger charge is -2.05. The molecule has 0 aliphatic heterocycles. The highest BCUT2D eigenvalue weighted by Gasteiger charge is 2.06. The van der Waals surface area contributed by atoms with Gasteiger partial charge in [0.15, 0.2) is 0 Å². The first-order valence-corrected chi connectivity index (χ1v) is 7.24. The predicted octanol–water partition coefficient (Wildman–Crippen LogP) is 3.27. The number of hydrazone groups is 1. The van der Waals surface area contributed by atoms with Crippen LogP contribution in [0, 0.1) is 0 Å². The lowest BCUT2D eigenvalue weighted by molar-refractivity contribution is 0.0696. The molecule has 0 aliphatic rings. The fraction of sp³-hybridized carbons (Fsp3) is 0.167. The van der Waals surface area contributed by atoms with Crippen molar-refractivity contribution in [2.24, 2.45) is 5.10 Å². The number of nitrogens with one attached hydrogen (secondary N) is 1. The average Bonchev–Trinajstić information content (AvgIpc) is 2.55. The summed E-state index contributed by atoms with van der Waals surface area (Å²) in [6.45, 7) is 4.22. The Balaban J connectivity index is 2.01. The zero-order valence-electron chi connectivity index (χ0n) is 13.0. The minimum Gasteiger partial charge on any atom is -0.478 e. The van der Waals surface area contributed by atoms with Gasteiger partial charge in [-0.05, 0) is 47.4 Å². The summed E-state index contributed by atoms with van der Waals surface area (Å²) in [5.41, 5.74) is 5.01. The summed E-state index contributed by atoms with van der Waals surface area (Å²) >= 11 is 0. The van der Waals surface area contributed by atoms with Crippen LogP contribution in [-0.4, -0.2) is 23.2 Å². The SMILES string of the molecule is CC(C)c1cccc(/C=N/NC(=O)c2ccc(C(=O)O)cc2)c1. The molecule has 0 saturated heterocycles. The minimum absolute atomic E-state index is 0.135. The average molecular weight is 310 g/mol. The van der Waals surface area contributed by atoms with E-state index < -0.39 is 11.9 Å². The van der Waals surface area contributed by atoms with Crippen molar-refractivity contribution in [3.8, 4) is 0 Å². The highest BCUT2D eigenvalue weighted by molar-refractivity contribution is 5.96. The number of benzene rings is 2. The van der Waals surface area contributed by atoms with Gasteiger partial charge in [-0.15, -0.1) is 0 Å². The summed E-state index contributed by atoms with van der Waals surface area (Å²) in [5, 5.41) is 12.8. The summed E-state index contributed by atoms with van der Waals surface area (Å²) < 4.78 is 0. The van der Waals surface area contributed by atoms with Gasteiger partial charge in [0.2, 0.25) is 0 Å². The van der Waals surface area contributed by atoms with E-state index in [0.29, 0.717) is 11.5 Å². The molecule has 0 atom stereocenters. The molecule has 2 aromatic rings. The van der Waals surface area contributed by atoms with Gasteiger partial charge in [0.1, 0.15) is 0 Å². The van der Waals surface area contributed by atoms with E-state index in [9.17, 15) is 9.59 Å². The van der Waals surface area contributed by atoms with Gasteiger partial charge in [-0.3, -0.25) is 4.79 Å². The molecule has 2 rings (SSSR count). The van der Waals surface area contributed by atoms with Crippen LogP contribution in [0.5, 0.6) is 0 Å². The molecular formula is C18H18N2O3. The second kappa shape index (κ2) is 7.35. The predicted molar refractivity (Wildman–Crippen MR) is 89.0 cm³/mol. The number of nitrogens with zero attached hydrogens (tertiary/aromatic N) is 1. The van der Waals surface area contributed by atoms with Crippen LogP contribution in [0.15, 0.2) is 53.6 Å². The summed E-state index contributed by atoms with van der Waals surface area (Å²) in [6, 6.07) is 13.6. The maximum Gasteiger partial charge on any atom is 0.335 e. The van der Waals surface area contributed by atoms with Crippen LogP contribution in [0.4, 0.5) is 0 Å². The standard InChI is InChI=1S/C18H18N2O3/c1-12(2)16-5-3-4-13(10-16)11-19-20-17(21)14-6-8-15(9-7-14)18(22)23/h3-12H,1-2H3,(H,20,21)(H,22,23)/b19-11+. The van der Waals surface area contributed by atoms with E-state index in [4.69, 9.17) is 5.11 Å². The molecule has 5 nitrogen and oxygen atoms in total. The van der Waals surface area contributed by atoms with Crippen LogP contribution in [0.1, 0.15) is 51.6 Å². The van der Waals surface area contributed by atoms with Crippen LogP contribution in [0.3, 0.4) is 0 Å². The van der Waals surface area contributed by atoms with Gasteiger partial charge in [-0.25, -0.2) is 10.2 Å². The minimum atomic E-state index is -1.03. The third kappa shape index (κ3) is 4.51. The Morgan fingerprint density at radius 2 is 1.74 bits per heavy atom. The van der Waals surface area contributed by atoms with Crippen molar-refractivity contribution in [3.05, 3.63) is 70.8 Å². The second-order valence-corrected chi connectivity index (χ2v) is 5.41. The molecule has 0 heterocycles. The van der Waals surface area contributed by atoms with E-state index in [1.807, 2.05) is 24.3 Å². The third-order valence-electron chi connectivity index (χ3n) is 3.35. The number of rotatable bonds is 5. The largest absolute Gasteiger partial charge is 0.478 e. The van der Waals surface area contributed by atoms with Crippen LogP contribution in [0.2, 0.25) is 0 Å². The molecule has 0 aromatic heterocycles. The summed E-state index contributed by atoms with van der Waals surface area (Å²) in [7, 11) is 0. The Morgan fingerprint density at radius 3 is 2.35 bits per heavy atom. The molecule has 118 valence electrons. The van der Waals surface area contributed by atoms with E-state index in [2.05, 4.69) is 24.4 Å². The number of carboxylic acid groups (broad SMARTS) is 1. The molecule has 0 spiro atoms. The van der Waals surface area contributed by atoms with Crippen molar-refractivity contribution >= 4 is 18.1 Å². The summed E-state index contributed by atoms with van der Waals surface area (Å²) in [4.78, 5) is 22.7. The van der Waals surface area contributed by atoms with E-state index in [1.54, 1.807) is 6.21 Å². The molecule has 5 heteroatoms. The molecule has 2 aromatic carbocycles. The fourth-order valence-electron chi connectivity index (χ4n) is 1.99. The van der Waals surface area contributed by atoms with Crippen molar-refractivity contribution in [2.45, 2.75) is 19.8 Å². The second-order valence-electron chi connectivity index (χ2n) is 5.41. The molecule has 0 radical (unpaired) electrons. The quantitative estimate of drug-likeness (QED) is 0.657. The monoisotopic (exact) mass is 310 g/mol. The first-order chi connectivity index (χ1) is 11.0. The smallest absolute Gasteiger partial charge is 0.335 e. The van der Waals surface area contributed by atoms with Crippen LogP contribution in [-0.2, 0) is 0 Å². The van der Waals surface area contributed by atoms with Gasteiger partial charge >= 0.3 is 5.97 Å². The Bertz CT molecular complexity index is 734. The Kier molecular flexibility index (Phi) is 5.25. The summed E-state index contributed by atoms with van der Waals surface area (Å²) in [6.07, 6.45) is 1.58. The lowest BCUT2D eigenvalue weighted by atomic mass is 10.0. The fourth-order valence-corrected chi connectivity index (χ4v) is 1.99. The Hall–Kier alpha value is -2.95. The van der Waals surface area contributed by atoms with Gasteiger partial charge in [0.05, 0.1) is 11.8 Å². The van der Waals surface area contributed by atoms with Crippen molar-refractivity contribution in [1.82, 2.24) is 5.43 Å². The van der Waals surface area contributed by atoms with E-state index >= 15 is 0 Å². The van der Waals surface area contributed by atoms with Gasteiger partial charge in [-0.1, -0.05) is 32.0 Å². The number of hydrogen-bond acceptors (Lipinski definition) is 3. The highest BCUT2D eigenvalue weighted by Crippen LogP contribution is 2.14. The molecule has 0 bridgehead atoms. The first kappa shape index (κ1) is 16.4. The number of carbonyl (C=O) groups excluding carboxylic acids is 1. The summed E-state index contributed by atoms with van der Waals surface area (Å²) in [5.74, 6) is -0.996. The lowest BCUT2D eigenvalue weighted by Crippen LogP contribution is -2.17. The molecule has 0 fully saturated rings. The zero-order valence-corrected chi connectivity index (χ0v) is 13.0. The molecule has 0 saturated carbocycles. The van der Waals surface area contributed by atoms with Gasteiger partial charge < -0.3 is 5.11 Å². The van der Waals surface area contributed by atoms with Crippen LogP contribution in [0.25, 0.3) is 0 Å². The van der Waals surface area contributed by atoms with Gasteiger partial charge in [-0.2, -0.15) is 5.10 Å². The molecule has 0 aliphatic carbocycles. The van der Waals surface area contributed by atoms with Crippen LogP contribution < -0.4 is 5.43 Å². The van der Waals surface area contributed by atoms with E-state index in [0.717, 1.165) is 5.56 Å². The molecular weight excluding hydrogens is 292 g/mol. The van der Waals surface area contributed by atoms with E-state index in [1.165, 1.54) is 29.8 Å². The van der Waals surface area contributed by atoms with Crippen molar-refractivity contribution < 1.29 is 14.7 Å². The molecule has 2 N–H and O–H groups in total. The highest BCUT2D eigenvalue weighted by atomic mass is 16.4. The maximum atomic E-state index is 11.9.